The van der Waals surface area contributed by atoms with Gasteiger partial charge in [-0.1, -0.05) is 6.07 Å². The van der Waals surface area contributed by atoms with Crippen LogP contribution in [0.25, 0.3) is 0 Å². The van der Waals surface area contributed by atoms with Crippen LogP contribution in [0.2, 0.25) is 0 Å². The summed E-state index contributed by atoms with van der Waals surface area (Å²) in [7, 11) is 1.52. The molecular weight excluding hydrogens is 277 g/mol. The average Bonchev–Trinajstić information content (AvgIpc) is 2.20. The molecule has 1 rings (SSSR count). The fraction of sp³-hybridized carbons (Fsp3) is 0.364. The van der Waals surface area contributed by atoms with Gasteiger partial charge in [-0.25, -0.2) is 4.39 Å². The van der Waals surface area contributed by atoms with E-state index in [1.807, 2.05) is 0 Å². The number of hydrogen-bond donors (Lipinski definition) is 1. The Morgan fingerprint density at radius 2 is 2.25 bits per heavy atom. The van der Waals surface area contributed by atoms with E-state index in [0.717, 1.165) is 0 Å². The molecule has 1 amide bonds. The molecule has 5 heteroatoms. The Balaban J connectivity index is 2.92. The monoisotopic (exact) mass is 289 g/mol. The van der Waals surface area contributed by atoms with E-state index in [1.54, 1.807) is 13.0 Å². The third-order valence-corrected chi connectivity index (χ3v) is 2.68. The first-order chi connectivity index (χ1) is 7.43. The molecular formula is C11H13BrFNO2. The van der Waals surface area contributed by atoms with E-state index in [-0.39, 0.29) is 16.6 Å². The number of likely N-dealkylation sites (N-methyl/N-ethyl adjacent to an activating group) is 1. The van der Waals surface area contributed by atoms with E-state index >= 15 is 0 Å². The van der Waals surface area contributed by atoms with Crippen molar-refractivity contribution in [3.63, 3.8) is 0 Å². The summed E-state index contributed by atoms with van der Waals surface area (Å²) in [6.07, 6.45) is -0.635. The van der Waals surface area contributed by atoms with E-state index < -0.39 is 17.8 Å². The first kappa shape index (κ1) is 13.1. The number of rotatable bonds is 3. The normalized spacial score (nSPS) is 12.3. The van der Waals surface area contributed by atoms with E-state index in [1.165, 1.54) is 24.1 Å². The number of benzene rings is 1. The zero-order valence-electron chi connectivity index (χ0n) is 9.08. The number of halogens is 2. The predicted octanol–water partition coefficient (Wildman–Crippen LogP) is 2.04. The van der Waals surface area contributed by atoms with Gasteiger partial charge in [0.2, 0.25) is 0 Å². The summed E-state index contributed by atoms with van der Waals surface area (Å²) in [6, 6.07) is 4.54. The Kier molecular flexibility index (Phi) is 4.44. The van der Waals surface area contributed by atoms with Gasteiger partial charge in [0.15, 0.2) is 0 Å². The largest absolute Gasteiger partial charge is 0.392 e. The molecule has 1 unspecified atom stereocenters. The van der Waals surface area contributed by atoms with E-state index in [2.05, 4.69) is 15.9 Å². The summed E-state index contributed by atoms with van der Waals surface area (Å²) < 4.78 is 13.8. The van der Waals surface area contributed by atoms with Gasteiger partial charge in [-0.05, 0) is 35.0 Å². The number of aliphatic hydroxyl groups excluding tert-OH is 1. The van der Waals surface area contributed by atoms with Crippen LogP contribution in [-0.4, -0.2) is 35.6 Å². The first-order valence-corrected chi connectivity index (χ1v) is 5.60. The minimum atomic E-state index is -0.635. The molecule has 88 valence electrons. The van der Waals surface area contributed by atoms with Crippen molar-refractivity contribution in [3.8, 4) is 0 Å². The average molecular weight is 290 g/mol. The second-order valence-corrected chi connectivity index (χ2v) is 4.49. The van der Waals surface area contributed by atoms with E-state index in [4.69, 9.17) is 5.11 Å². The number of nitrogens with zero attached hydrogens (tertiary/aromatic N) is 1. The molecule has 0 bridgehead atoms. The molecule has 0 aliphatic rings. The van der Waals surface area contributed by atoms with Crippen molar-refractivity contribution in [2.75, 3.05) is 13.6 Å². The molecule has 1 atom stereocenters. The maximum Gasteiger partial charge on any atom is 0.256 e. The summed E-state index contributed by atoms with van der Waals surface area (Å²) in [5, 5.41) is 9.15. The molecule has 1 N–H and O–H groups in total. The third-order valence-electron chi connectivity index (χ3n) is 2.07. The zero-order valence-corrected chi connectivity index (χ0v) is 10.7. The summed E-state index contributed by atoms with van der Waals surface area (Å²) in [5.74, 6) is -1.02. The fourth-order valence-electron chi connectivity index (χ4n) is 1.35. The maximum absolute atomic E-state index is 13.6. The van der Waals surface area contributed by atoms with Gasteiger partial charge in [0, 0.05) is 13.6 Å². The van der Waals surface area contributed by atoms with Gasteiger partial charge in [-0.3, -0.25) is 4.79 Å². The van der Waals surface area contributed by atoms with Crippen molar-refractivity contribution in [2.24, 2.45) is 0 Å². The Hall–Kier alpha value is -0.940. The van der Waals surface area contributed by atoms with Crippen LogP contribution < -0.4 is 0 Å². The molecule has 0 heterocycles. The van der Waals surface area contributed by atoms with E-state index in [0.29, 0.717) is 0 Å². The van der Waals surface area contributed by atoms with Crippen LogP contribution >= 0.6 is 15.9 Å². The summed E-state index contributed by atoms with van der Waals surface area (Å²) in [6.45, 7) is 1.74. The van der Waals surface area contributed by atoms with Gasteiger partial charge < -0.3 is 10.0 Å². The van der Waals surface area contributed by atoms with Crippen molar-refractivity contribution in [3.05, 3.63) is 34.1 Å². The summed E-state index contributed by atoms with van der Waals surface area (Å²) >= 11 is 3.02. The molecule has 0 aliphatic carbocycles. The second-order valence-electron chi connectivity index (χ2n) is 3.64. The fourth-order valence-corrected chi connectivity index (χ4v) is 1.72. The number of aliphatic hydroxyl groups is 1. The van der Waals surface area contributed by atoms with Crippen molar-refractivity contribution >= 4 is 21.8 Å². The van der Waals surface area contributed by atoms with Crippen molar-refractivity contribution in [1.29, 1.82) is 0 Å². The molecule has 0 aromatic heterocycles. The van der Waals surface area contributed by atoms with Crippen LogP contribution in [0.4, 0.5) is 4.39 Å². The minimum Gasteiger partial charge on any atom is -0.392 e. The number of carbonyl (C=O) groups excluding carboxylic acids is 1. The lowest BCUT2D eigenvalue weighted by Gasteiger charge is -2.19. The molecule has 0 saturated heterocycles. The topological polar surface area (TPSA) is 40.5 Å². The molecule has 0 aliphatic heterocycles. The third kappa shape index (κ3) is 3.02. The Labute approximate surface area is 102 Å². The van der Waals surface area contributed by atoms with Crippen LogP contribution in [0.5, 0.6) is 0 Å². The number of carbonyl (C=O) groups is 1. The molecule has 1 aromatic carbocycles. The smallest absolute Gasteiger partial charge is 0.256 e. The molecule has 3 nitrogen and oxygen atoms in total. The quantitative estimate of drug-likeness (QED) is 0.925. The predicted molar refractivity (Wildman–Crippen MR) is 62.7 cm³/mol. The lowest BCUT2D eigenvalue weighted by Crippen LogP contribution is -2.33. The van der Waals surface area contributed by atoms with Crippen LogP contribution in [0.1, 0.15) is 17.3 Å². The van der Waals surface area contributed by atoms with Gasteiger partial charge >= 0.3 is 0 Å². The molecule has 1 aromatic rings. The minimum absolute atomic E-state index is 0.00229. The molecule has 16 heavy (non-hydrogen) atoms. The van der Waals surface area contributed by atoms with Crippen LogP contribution in [0, 0.1) is 5.82 Å². The number of hydrogen-bond acceptors (Lipinski definition) is 2. The molecule has 0 spiro atoms. The zero-order chi connectivity index (χ0) is 12.3. The SMILES string of the molecule is CC(O)CN(C)C(=O)c1cccc(Br)c1F. The lowest BCUT2D eigenvalue weighted by atomic mass is 10.2. The summed E-state index contributed by atoms with van der Waals surface area (Å²) in [4.78, 5) is 13.1. The number of amides is 1. The first-order valence-electron chi connectivity index (χ1n) is 4.81. The molecule has 0 saturated carbocycles. The van der Waals surface area contributed by atoms with Crippen LogP contribution in [0.3, 0.4) is 0 Å². The highest BCUT2D eigenvalue weighted by Crippen LogP contribution is 2.19. The molecule has 0 fully saturated rings. The Bertz CT molecular complexity index is 396. The van der Waals surface area contributed by atoms with Gasteiger partial charge in [0.25, 0.3) is 5.91 Å². The standard InChI is InChI=1S/C11H13BrFNO2/c1-7(15)6-14(2)11(16)8-4-3-5-9(12)10(8)13/h3-5,7,15H,6H2,1-2H3. The van der Waals surface area contributed by atoms with Gasteiger partial charge in [0.05, 0.1) is 16.1 Å². The lowest BCUT2D eigenvalue weighted by molar-refractivity contribution is 0.0699. The van der Waals surface area contributed by atoms with Crippen molar-refractivity contribution < 1.29 is 14.3 Å². The maximum atomic E-state index is 13.6. The highest BCUT2D eigenvalue weighted by atomic mass is 79.9. The van der Waals surface area contributed by atoms with Crippen molar-refractivity contribution in [1.82, 2.24) is 4.90 Å². The van der Waals surface area contributed by atoms with Crippen LogP contribution in [0.15, 0.2) is 22.7 Å². The van der Waals surface area contributed by atoms with E-state index in [9.17, 15) is 9.18 Å². The Morgan fingerprint density at radius 1 is 1.62 bits per heavy atom. The highest BCUT2D eigenvalue weighted by Gasteiger charge is 2.18. The Morgan fingerprint density at radius 3 is 2.81 bits per heavy atom. The highest BCUT2D eigenvalue weighted by molar-refractivity contribution is 9.10. The van der Waals surface area contributed by atoms with Crippen molar-refractivity contribution in [2.45, 2.75) is 13.0 Å². The molecule has 0 radical (unpaired) electrons. The van der Waals surface area contributed by atoms with Crippen LogP contribution in [-0.2, 0) is 0 Å². The van der Waals surface area contributed by atoms with Gasteiger partial charge in [0.1, 0.15) is 5.82 Å². The summed E-state index contributed by atoms with van der Waals surface area (Å²) in [5.41, 5.74) is -0.00229. The van der Waals surface area contributed by atoms with Gasteiger partial charge in [-0.2, -0.15) is 0 Å². The van der Waals surface area contributed by atoms with Gasteiger partial charge in [-0.15, -0.1) is 0 Å². The second kappa shape index (κ2) is 5.41.